The number of hydrogen-bond acceptors (Lipinski definition) is 5. The second-order valence-electron chi connectivity index (χ2n) is 4.28. The third-order valence-corrected chi connectivity index (χ3v) is 3.39. The van der Waals surface area contributed by atoms with Crippen LogP contribution in [0.15, 0.2) is 5.16 Å². The number of nitrogens with zero attached hydrogens (tertiary/aromatic N) is 3. The maximum absolute atomic E-state index is 10.5. The molecule has 1 heterocycles. The standard InChI is InChI=1S/C10H17N3O3S/c1-10(2,16-4)5-7-11-12-9(13(7)3)17-6-8(14)15/h5-6H2,1-4H3,(H,14,15). The van der Waals surface area contributed by atoms with E-state index in [2.05, 4.69) is 10.2 Å². The minimum atomic E-state index is -0.864. The number of carboxylic acids is 1. The summed E-state index contributed by atoms with van der Waals surface area (Å²) in [5, 5.41) is 17.2. The number of ether oxygens (including phenoxy) is 1. The number of carbonyl (C=O) groups is 1. The Balaban J connectivity index is 2.73. The van der Waals surface area contributed by atoms with Crippen molar-refractivity contribution in [3.63, 3.8) is 0 Å². The molecule has 0 aliphatic heterocycles. The fourth-order valence-corrected chi connectivity index (χ4v) is 1.85. The summed E-state index contributed by atoms with van der Waals surface area (Å²) in [6, 6.07) is 0. The van der Waals surface area contributed by atoms with Crippen LogP contribution in [0.25, 0.3) is 0 Å². The normalized spacial score (nSPS) is 11.8. The molecule has 7 heteroatoms. The van der Waals surface area contributed by atoms with Crippen molar-refractivity contribution in [1.82, 2.24) is 14.8 Å². The quantitative estimate of drug-likeness (QED) is 0.767. The van der Waals surface area contributed by atoms with Crippen LogP contribution in [0.5, 0.6) is 0 Å². The minimum Gasteiger partial charge on any atom is -0.481 e. The largest absolute Gasteiger partial charge is 0.481 e. The van der Waals surface area contributed by atoms with Gasteiger partial charge in [0.05, 0.1) is 11.4 Å². The zero-order valence-corrected chi connectivity index (χ0v) is 11.2. The minimum absolute atomic E-state index is 0.0142. The van der Waals surface area contributed by atoms with Crippen molar-refractivity contribution < 1.29 is 14.6 Å². The molecule has 0 bridgehead atoms. The average Bonchev–Trinajstić information content (AvgIpc) is 2.57. The van der Waals surface area contributed by atoms with E-state index in [-0.39, 0.29) is 11.4 Å². The summed E-state index contributed by atoms with van der Waals surface area (Å²) in [6.07, 6.45) is 0.626. The van der Waals surface area contributed by atoms with Gasteiger partial charge >= 0.3 is 5.97 Å². The number of thioether (sulfide) groups is 1. The molecule has 0 atom stereocenters. The molecule has 1 rings (SSSR count). The third-order valence-electron chi connectivity index (χ3n) is 2.39. The molecule has 0 aliphatic carbocycles. The summed E-state index contributed by atoms with van der Waals surface area (Å²) in [5.41, 5.74) is -0.310. The van der Waals surface area contributed by atoms with Crippen molar-refractivity contribution in [2.24, 2.45) is 7.05 Å². The first kappa shape index (κ1) is 14.0. The highest BCUT2D eigenvalue weighted by Gasteiger charge is 2.21. The highest BCUT2D eigenvalue weighted by Crippen LogP contribution is 2.19. The molecule has 0 fully saturated rings. The van der Waals surface area contributed by atoms with Gasteiger partial charge in [-0.05, 0) is 13.8 Å². The van der Waals surface area contributed by atoms with Crippen molar-refractivity contribution in [3.05, 3.63) is 5.82 Å². The Labute approximate surface area is 104 Å². The Hall–Kier alpha value is -1.08. The van der Waals surface area contributed by atoms with Crippen LogP contribution in [0.3, 0.4) is 0 Å². The SMILES string of the molecule is COC(C)(C)Cc1nnc(SCC(=O)O)n1C. The molecule has 0 unspecified atom stereocenters. The third kappa shape index (κ3) is 4.01. The Morgan fingerprint density at radius 2 is 2.18 bits per heavy atom. The number of rotatable bonds is 6. The summed E-state index contributed by atoms with van der Waals surface area (Å²) in [7, 11) is 3.47. The Bertz CT molecular complexity index is 404. The molecule has 0 amide bonds. The Morgan fingerprint density at radius 3 is 2.71 bits per heavy atom. The maximum Gasteiger partial charge on any atom is 0.313 e. The monoisotopic (exact) mass is 259 g/mol. The number of methoxy groups -OCH3 is 1. The fourth-order valence-electron chi connectivity index (χ4n) is 1.20. The highest BCUT2D eigenvalue weighted by molar-refractivity contribution is 7.99. The second-order valence-corrected chi connectivity index (χ2v) is 5.22. The van der Waals surface area contributed by atoms with Gasteiger partial charge in [0, 0.05) is 20.6 Å². The molecule has 1 aromatic rings. The van der Waals surface area contributed by atoms with E-state index in [4.69, 9.17) is 9.84 Å². The van der Waals surface area contributed by atoms with Gasteiger partial charge in [-0.2, -0.15) is 0 Å². The van der Waals surface area contributed by atoms with Crippen molar-refractivity contribution in [2.45, 2.75) is 31.0 Å². The maximum atomic E-state index is 10.5. The molecule has 0 saturated carbocycles. The van der Waals surface area contributed by atoms with Gasteiger partial charge in [-0.3, -0.25) is 4.79 Å². The lowest BCUT2D eigenvalue weighted by molar-refractivity contribution is -0.133. The van der Waals surface area contributed by atoms with Gasteiger partial charge in [0.15, 0.2) is 5.16 Å². The molecule has 1 aromatic heterocycles. The first-order valence-corrected chi connectivity index (χ1v) is 6.12. The van der Waals surface area contributed by atoms with Crippen LogP contribution in [0, 0.1) is 0 Å². The van der Waals surface area contributed by atoms with Crippen LogP contribution < -0.4 is 0 Å². The van der Waals surface area contributed by atoms with Crippen LogP contribution in [-0.4, -0.2) is 44.3 Å². The van der Waals surface area contributed by atoms with Gasteiger partial charge in [-0.25, -0.2) is 0 Å². The smallest absolute Gasteiger partial charge is 0.313 e. The average molecular weight is 259 g/mol. The van der Waals surface area contributed by atoms with Gasteiger partial charge < -0.3 is 14.4 Å². The topological polar surface area (TPSA) is 77.2 Å². The zero-order valence-electron chi connectivity index (χ0n) is 10.4. The van der Waals surface area contributed by atoms with Gasteiger partial charge in [-0.1, -0.05) is 11.8 Å². The molecule has 6 nitrogen and oxygen atoms in total. The highest BCUT2D eigenvalue weighted by atomic mass is 32.2. The summed E-state index contributed by atoms with van der Waals surface area (Å²) < 4.78 is 7.12. The molecule has 96 valence electrons. The van der Waals surface area contributed by atoms with Gasteiger partial charge in [-0.15, -0.1) is 10.2 Å². The summed E-state index contributed by atoms with van der Waals surface area (Å²) in [4.78, 5) is 10.5. The first-order chi connectivity index (χ1) is 7.85. The number of aliphatic carboxylic acids is 1. The molecule has 17 heavy (non-hydrogen) atoms. The molecular weight excluding hydrogens is 242 g/mol. The number of aromatic nitrogens is 3. The van der Waals surface area contributed by atoms with E-state index >= 15 is 0 Å². The van der Waals surface area contributed by atoms with Crippen LogP contribution in [0.1, 0.15) is 19.7 Å². The molecule has 0 radical (unpaired) electrons. The van der Waals surface area contributed by atoms with E-state index in [0.29, 0.717) is 11.6 Å². The van der Waals surface area contributed by atoms with Gasteiger partial charge in [0.2, 0.25) is 0 Å². The molecule has 0 aromatic carbocycles. The van der Waals surface area contributed by atoms with Crippen molar-refractivity contribution in [2.75, 3.05) is 12.9 Å². The Morgan fingerprint density at radius 1 is 1.53 bits per heavy atom. The van der Waals surface area contributed by atoms with E-state index in [9.17, 15) is 4.79 Å². The lowest BCUT2D eigenvalue weighted by Gasteiger charge is -2.21. The van der Waals surface area contributed by atoms with Crippen LogP contribution in [-0.2, 0) is 23.0 Å². The first-order valence-electron chi connectivity index (χ1n) is 5.14. The number of hydrogen-bond donors (Lipinski definition) is 1. The van der Waals surface area contributed by atoms with E-state index in [0.717, 1.165) is 17.6 Å². The molecule has 0 aliphatic rings. The van der Waals surface area contributed by atoms with Crippen molar-refractivity contribution in [3.8, 4) is 0 Å². The van der Waals surface area contributed by atoms with Crippen LogP contribution in [0.4, 0.5) is 0 Å². The zero-order chi connectivity index (χ0) is 13.1. The summed E-state index contributed by atoms with van der Waals surface area (Å²) in [5.74, 6) is -0.0962. The summed E-state index contributed by atoms with van der Waals surface area (Å²) in [6.45, 7) is 3.93. The molecular formula is C10H17N3O3S. The van der Waals surface area contributed by atoms with E-state index in [1.54, 1.807) is 11.7 Å². The molecule has 0 saturated heterocycles. The predicted molar refractivity (Wildman–Crippen MR) is 64.2 cm³/mol. The second kappa shape index (κ2) is 5.50. The fraction of sp³-hybridized carbons (Fsp3) is 0.700. The van der Waals surface area contributed by atoms with Crippen LogP contribution >= 0.6 is 11.8 Å². The van der Waals surface area contributed by atoms with Crippen molar-refractivity contribution in [1.29, 1.82) is 0 Å². The van der Waals surface area contributed by atoms with E-state index < -0.39 is 5.97 Å². The predicted octanol–water partition coefficient (Wildman–Crippen LogP) is 0.959. The van der Waals surface area contributed by atoms with Crippen LogP contribution in [0.2, 0.25) is 0 Å². The molecule has 0 spiro atoms. The van der Waals surface area contributed by atoms with Crippen molar-refractivity contribution >= 4 is 17.7 Å². The number of carboxylic acid groups (broad SMARTS) is 1. The molecule has 1 N–H and O–H groups in total. The van der Waals surface area contributed by atoms with E-state index in [1.807, 2.05) is 20.9 Å². The Kier molecular flexibility index (Phi) is 4.53. The lowest BCUT2D eigenvalue weighted by Crippen LogP contribution is -2.27. The lowest BCUT2D eigenvalue weighted by atomic mass is 10.1. The van der Waals surface area contributed by atoms with Gasteiger partial charge in [0.1, 0.15) is 5.82 Å². The van der Waals surface area contributed by atoms with E-state index in [1.165, 1.54) is 0 Å². The van der Waals surface area contributed by atoms with Gasteiger partial charge in [0.25, 0.3) is 0 Å². The summed E-state index contributed by atoms with van der Waals surface area (Å²) >= 11 is 1.16.